The molecule has 6 N–H and O–H groups in total. The highest BCUT2D eigenvalue weighted by atomic mass is 16.3. The molecule has 3 heterocycles. The Labute approximate surface area is 108 Å². The van der Waals surface area contributed by atoms with Gasteiger partial charge in [0.05, 0.1) is 17.9 Å². The Morgan fingerprint density at radius 1 is 1.21 bits per heavy atom. The van der Waals surface area contributed by atoms with Crippen LogP contribution in [-0.4, -0.2) is 48.8 Å². The number of aliphatic hydroxyl groups excluding tert-OH is 4. The molecule has 19 heavy (non-hydrogen) atoms. The third-order valence-corrected chi connectivity index (χ3v) is 3.30. The van der Waals surface area contributed by atoms with E-state index in [0.29, 0.717) is 23.5 Å². The number of rotatable bonds is 4. The van der Waals surface area contributed by atoms with E-state index in [1.807, 2.05) is 0 Å². The van der Waals surface area contributed by atoms with E-state index in [9.17, 15) is 20.4 Å². The summed E-state index contributed by atoms with van der Waals surface area (Å²) in [5.74, 6) is -0.318. The fourth-order valence-corrected chi connectivity index (χ4v) is 2.27. The molecule has 0 saturated carbocycles. The number of hydrogen-bond acceptors (Lipinski definition) is 8. The van der Waals surface area contributed by atoms with E-state index in [1.165, 1.54) is 10.1 Å². The second kappa shape index (κ2) is 4.02. The SMILES string of the molecule is CC[C@@H](O)[C@@H](O)CC1=C2C3=C(O)N=C(O)N2NN3N1. The zero-order valence-electron chi connectivity index (χ0n) is 10.2. The van der Waals surface area contributed by atoms with Gasteiger partial charge in [0.15, 0.2) is 5.70 Å². The second-order valence-electron chi connectivity index (χ2n) is 4.54. The molecule has 1 saturated heterocycles. The molecule has 3 rings (SSSR count). The zero-order valence-corrected chi connectivity index (χ0v) is 10.2. The van der Waals surface area contributed by atoms with E-state index in [0.717, 1.165) is 0 Å². The Kier molecular flexibility index (Phi) is 2.55. The summed E-state index contributed by atoms with van der Waals surface area (Å²) in [4.78, 5) is 3.56. The van der Waals surface area contributed by atoms with E-state index in [1.54, 1.807) is 6.92 Å². The molecule has 1 fully saturated rings. The lowest BCUT2D eigenvalue weighted by atomic mass is 10.1. The van der Waals surface area contributed by atoms with Gasteiger partial charge in [-0.25, -0.2) is 5.01 Å². The quantitative estimate of drug-likeness (QED) is 0.381. The minimum Gasteiger partial charge on any atom is -0.492 e. The minimum atomic E-state index is -0.927. The predicted octanol–water partition coefficient (Wildman–Crippen LogP) is -1.07. The van der Waals surface area contributed by atoms with Crippen molar-refractivity contribution in [2.24, 2.45) is 4.99 Å². The summed E-state index contributed by atoms with van der Waals surface area (Å²) in [6.07, 6.45) is -1.14. The fourth-order valence-electron chi connectivity index (χ4n) is 2.27. The Balaban J connectivity index is 1.90. The first-order valence-electron chi connectivity index (χ1n) is 5.96. The van der Waals surface area contributed by atoms with Gasteiger partial charge in [-0.15, -0.1) is 5.53 Å². The normalized spacial score (nSPS) is 23.8. The third kappa shape index (κ3) is 1.63. The number of aliphatic imine (C=N–C) groups is 1. The average molecular weight is 269 g/mol. The first-order chi connectivity index (χ1) is 9.02. The molecule has 0 spiro atoms. The third-order valence-electron chi connectivity index (χ3n) is 3.30. The summed E-state index contributed by atoms with van der Waals surface area (Å²) in [5.41, 5.74) is 7.10. The molecule has 0 aromatic heterocycles. The zero-order chi connectivity index (χ0) is 13.7. The van der Waals surface area contributed by atoms with E-state index in [2.05, 4.69) is 16.0 Å². The van der Waals surface area contributed by atoms with Crippen molar-refractivity contribution in [1.82, 2.24) is 21.1 Å². The van der Waals surface area contributed by atoms with E-state index in [-0.39, 0.29) is 18.3 Å². The molecular formula is C10H15N5O4. The number of amidine groups is 1. The molecule has 0 aromatic rings. The topological polar surface area (TPSA) is 124 Å². The van der Waals surface area contributed by atoms with Crippen molar-refractivity contribution in [3.05, 3.63) is 23.0 Å². The van der Waals surface area contributed by atoms with Crippen molar-refractivity contribution in [3.63, 3.8) is 0 Å². The van der Waals surface area contributed by atoms with Gasteiger partial charge in [-0.05, 0) is 6.42 Å². The van der Waals surface area contributed by atoms with Crippen LogP contribution in [0.1, 0.15) is 19.8 Å². The molecule has 2 atom stereocenters. The summed E-state index contributed by atoms with van der Waals surface area (Å²) in [7, 11) is 0. The Morgan fingerprint density at radius 3 is 2.63 bits per heavy atom. The standard InChI is InChI=1S/C10H15N5O4/c1-2-5(16)6(17)3-4-7-8-9(18)11-10(19)14(7)13-15(8)12-4/h5-6,12-13,16-18H,2-3H2,1H3,(H,11,19)/t5-,6+/m1/s1. The maximum atomic E-state index is 9.85. The monoisotopic (exact) mass is 269 g/mol. The largest absolute Gasteiger partial charge is 0.492 e. The maximum absolute atomic E-state index is 9.85. The van der Waals surface area contributed by atoms with Gasteiger partial charge in [-0.1, -0.05) is 6.92 Å². The van der Waals surface area contributed by atoms with Gasteiger partial charge >= 0.3 is 6.02 Å². The first kappa shape index (κ1) is 12.1. The fraction of sp³-hybridized carbons (Fsp3) is 0.500. The van der Waals surface area contributed by atoms with Gasteiger partial charge in [0.25, 0.3) is 0 Å². The van der Waals surface area contributed by atoms with Crippen LogP contribution >= 0.6 is 0 Å². The minimum absolute atomic E-state index is 0.170. The van der Waals surface area contributed by atoms with Crippen LogP contribution < -0.4 is 11.0 Å². The smallest absolute Gasteiger partial charge is 0.314 e. The highest BCUT2D eigenvalue weighted by Crippen LogP contribution is 2.37. The molecule has 0 amide bonds. The highest BCUT2D eigenvalue weighted by Gasteiger charge is 2.46. The Bertz CT molecular complexity index is 514. The Morgan fingerprint density at radius 2 is 1.95 bits per heavy atom. The summed E-state index contributed by atoms with van der Waals surface area (Å²) < 4.78 is 0. The van der Waals surface area contributed by atoms with Crippen molar-refractivity contribution >= 4 is 6.02 Å². The van der Waals surface area contributed by atoms with Crippen LogP contribution in [0, 0.1) is 0 Å². The lowest BCUT2D eigenvalue weighted by Gasteiger charge is -2.27. The van der Waals surface area contributed by atoms with Crippen molar-refractivity contribution in [2.45, 2.75) is 32.0 Å². The summed E-state index contributed by atoms with van der Waals surface area (Å²) in [5, 5.41) is 41.4. The maximum Gasteiger partial charge on any atom is 0.314 e. The van der Waals surface area contributed by atoms with Crippen LogP contribution in [0.15, 0.2) is 28.0 Å². The van der Waals surface area contributed by atoms with Gasteiger partial charge < -0.3 is 20.4 Å². The number of aliphatic hydroxyl groups is 4. The molecule has 3 aliphatic rings. The molecule has 0 unspecified atom stereocenters. The number of hydrazine groups is 3. The number of nitrogens with one attached hydrogen (secondary N) is 2. The van der Waals surface area contributed by atoms with E-state index in [4.69, 9.17) is 0 Å². The van der Waals surface area contributed by atoms with Crippen LogP contribution in [0.4, 0.5) is 0 Å². The first-order valence-corrected chi connectivity index (χ1v) is 5.96. The van der Waals surface area contributed by atoms with Crippen LogP contribution in [0.3, 0.4) is 0 Å². The number of nitrogens with zero attached hydrogens (tertiary/aromatic N) is 3. The molecule has 9 nitrogen and oxygen atoms in total. The number of hydrogen-bond donors (Lipinski definition) is 6. The van der Waals surface area contributed by atoms with Gasteiger partial charge in [0.2, 0.25) is 5.88 Å². The summed E-state index contributed by atoms with van der Waals surface area (Å²) >= 11 is 0. The lowest BCUT2D eigenvalue weighted by molar-refractivity contribution is 0.0134. The highest BCUT2D eigenvalue weighted by molar-refractivity contribution is 5.79. The molecule has 0 radical (unpaired) electrons. The Hall–Kier alpha value is -1.97. The van der Waals surface area contributed by atoms with Crippen LogP contribution in [0.5, 0.6) is 0 Å². The predicted molar refractivity (Wildman–Crippen MR) is 63.6 cm³/mol. The van der Waals surface area contributed by atoms with Crippen LogP contribution in [0.2, 0.25) is 0 Å². The van der Waals surface area contributed by atoms with Crippen molar-refractivity contribution < 1.29 is 20.4 Å². The lowest BCUT2D eigenvalue weighted by Crippen LogP contribution is -2.51. The van der Waals surface area contributed by atoms with Crippen molar-refractivity contribution in [1.29, 1.82) is 0 Å². The second-order valence-corrected chi connectivity index (χ2v) is 4.54. The van der Waals surface area contributed by atoms with Crippen LogP contribution in [-0.2, 0) is 0 Å². The van der Waals surface area contributed by atoms with Crippen LogP contribution in [0.25, 0.3) is 0 Å². The van der Waals surface area contributed by atoms with E-state index < -0.39 is 12.2 Å². The van der Waals surface area contributed by atoms with Crippen molar-refractivity contribution in [2.75, 3.05) is 0 Å². The van der Waals surface area contributed by atoms with Crippen molar-refractivity contribution in [3.8, 4) is 0 Å². The van der Waals surface area contributed by atoms with E-state index >= 15 is 0 Å². The average Bonchev–Trinajstić information content (AvgIpc) is 2.88. The molecule has 3 aliphatic heterocycles. The van der Waals surface area contributed by atoms with Gasteiger partial charge in [0.1, 0.15) is 5.70 Å². The molecule has 4 bridgehead atoms. The molecule has 9 heteroatoms. The van der Waals surface area contributed by atoms with Gasteiger partial charge in [-0.2, -0.15) is 10.1 Å². The molecular weight excluding hydrogens is 254 g/mol. The summed E-state index contributed by atoms with van der Waals surface area (Å²) in [6, 6.07) is -0.386. The molecule has 104 valence electrons. The van der Waals surface area contributed by atoms with Gasteiger partial charge in [-0.3, -0.25) is 5.43 Å². The molecule has 0 aromatic carbocycles. The molecule has 0 aliphatic carbocycles. The van der Waals surface area contributed by atoms with Gasteiger partial charge in [0, 0.05) is 6.42 Å². The summed E-state index contributed by atoms with van der Waals surface area (Å²) in [6.45, 7) is 1.77.